The van der Waals surface area contributed by atoms with Crippen LogP contribution in [0.4, 0.5) is 0 Å². The summed E-state index contributed by atoms with van der Waals surface area (Å²) in [5.74, 6) is 1.96. The SMILES string of the molecule is CCCOc1ccc(-c2nc(C)cc(Cl)n2)cc1OC. The first kappa shape index (κ1) is 14.6. The normalized spacial score (nSPS) is 10.4. The zero-order valence-electron chi connectivity index (χ0n) is 11.8. The number of hydrogen-bond acceptors (Lipinski definition) is 4. The van der Waals surface area contributed by atoms with Crippen molar-refractivity contribution in [1.29, 1.82) is 0 Å². The minimum absolute atomic E-state index is 0.428. The molecule has 2 rings (SSSR count). The average molecular weight is 293 g/mol. The fourth-order valence-electron chi connectivity index (χ4n) is 1.80. The molecule has 0 unspecified atom stereocenters. The Balaban J connectivity index is 2.37. The summed E-state index contributed by atoms with van der Waals surface area (Å²) in [5, 5.41) is 0.428. The maximum absolute atomic E-state index is 5.97. The summed E-state index contributed by atoms with van der Waals surface area (Å²) in [6.07, 6.45) is 0.946. The first-order chi connectivity index (χ1) is 9.63. The fraction of sp³-hybridized carbons (Fsp3) is 0.333. The molecular weight excluding hydrogens is 276 g/mol. The molecule has 1 aromatic carbocycles. The average Bonchev–Trinajstić information content (AvgIpc) is 2.43. The number of methoxy groups -OCH3 is 1. The van der Waals surface area contributed by atoms with E-state index in [2.05, 4.69) is 16.9 Å². The Morgan fingerprint density at radius 3 is 2.60 bits per heavy atom. The summed E-state index contributed by atoms with van der Waals surface area (Å²) in [6, 6.07) is 7.35. The first-order valence-corrected chi connectivity index (χ1v) is 6.84. The molecule has 0 N–H and O–H groups in total. The number of rotatable bonds is 5. The molecule has 1 heterocycles. The van der Waals surface area contributed by atoms with Crippen LogP contribution >= 0.6 is 11.6 Å². The van der Waals surface area contributed by atoms with Crippen LogP contribution in [0.25, 0.3) is 11.4 Å². The van der Waals surface area contributed by atoms with Gasteiger partial charge in [-0.15, -0.1) is 0 Å². The van der Waals surface area contributed by atoms with E-state index in [0.29, 0.717) is 23.3 Å². The summed E-state index contributed by atoms with van der Waals surface area (Å²) in [5.41, 5.74) is 1.67. The van der Waals surface area contributed by atoms with Crippen molar-refractivity contribution in [2.45, 2.75) is 20.3 Å². The molecule has 0 bridgehead atoms. The van der Waals surface area contributed by atoms with Gasteiger partial charge in [-0.25, -0.2) is 9.97 Å². The summed E-state index contributed by atoms with van der Waals surface area (Å²) in [4.78, 5) is 8.61. The number of aryl methyl sites for hydroxylation is 1. The van der Waals surface area contributed by atoms with Crippen LogP contribution in [0.15, 0.2) is 24.3 Å². The number of aromatic nitrogens is 2. The van der Waals surface area contributed by atoms with Crippen LogP contribution in [0.2, 0.25) is 5.15 Å². The Labute approximate surface area is 123 Å². The molecule has 0 aliphatic carbocycles. The Hall–Kier alpha value is -1.81. The van der Waals surface area contributed by atoms with Crippen molar-refractivity contribution in [3.8, 4) is 22.9 Å². The van der Waals surface area contributed by atoms with Gasteiger partial charge in [0, 0.05) is 11.3 Å². The zero-order valence-corrected chi connectivity index (χ0v) is 12.6. The number of hydrogen-bond donors (Lipinski definition) is 0. The molecule has 2 aromatic rings. The largest absolute Gasteiger partial charge is 0.493 e. The van der Waals surface area contributed by atoms with Gasteiger partial charge in [-0.3, -0.25) is 0 Å². The third kappa shape index (κ3) is 3.39. The number of nitrogens with zero attached hydrogens (tertiary/aromatic N) is 2. The van der Waals surface area contributed by atoms with Crippen molar-refractivity contribution in [3.63, 3.8) is 0 Å². The van der Waals surface area contributed by atoms with Gasteiger partial charge in [-0.1, -0.05) is 18.5 Å². The van der Waals surface area contributed by atoms with Crippen molar-refractivity contribution in [2.24, 2.45) is 0 Å². The van der Waals surface area contributed by atoms with Gasteiger partial charge in [0.2, 0.25) is 0 Å². The van der Waals surface area contributed by atoms with Crippen LogP contribution in [0, 0.1) is 6.92 Å². The molecule has 0 atom stereocenters. The smallest absolute Gasteiger partial charge is 0.161 e. The second-order valence-corrected chi connectivity index (χ2v) is 4.76. The van der Waals surface area contributed by atoms with Crippen LogP contribution in [-0.4, -0.2) is 23.7 Å². The van der Waals surface area contributed by atoms with Crippen molar-refractivity contribution < 1.29 is 9.47 Å². The lowest BCUT2D eigenvalue weighted by molar-refractivity contribution is 0.294. The quantitative estimate of drug-likeness (QED) is 0.784. The second kappa shape index (κ2) is 6.57. The van der Waals surface area contributed by atoms with E-state index in [1.165, 1.54) is 0 Å². The molecule has 0 aliphatic rings. The third-order valence-electron chi connectivity index (χ3n) is 2.71. The Morgan fingerprint density at radius 1 is 1.15 bits per heavy atom. The molecule has 4 nitrogen and oxygen atoms in total. The van der Waals surface area contributed by atoms with Gasteiger partial charge in [0.15, 0.2) is 17.3 Å². The fourth-order valence-corrected chi connectivity index (χ4v) is 2.04. The maximum atomic E-state index is 5.97. The Bertz CT molecular complexity index is 582. The van der Waals surface area contributed by atoms with Gasteiger partial charge in [0.05, 0.1) is 13.7 Å². The molecule has 5 heteroatoms. The number of benzene rings is 1. The maximum Gasteiger partial charge on any atom is 0.161 e. The van der Waals surface area contributed by atoms with Gasteiger partial charge < -0.3 is 9.47 Å². The highest BCUT2D eigenvalue weighted by atomic mass is 35.5. The van der Waals surface area contributed by atoms with Crippen LogP contribution in [0.3, 0.4) is 0 Å². The summed E-state index contributed by atoms with van der Waals surface area (Å²) >= 11 is 5.97. The molecule has 0 radical (unpaired) electrons. The lowest BCUT2D eigenvalue weighted by Crippen LogP contribution is -1.99. The van der Waals surface area contributed by atoms with Crippen molar-refractivity contribution in [1.82, 2.24) is 9.97 Å². The predicted octanol–water partition coefficient (Wildman–Crippen LogP) is 3.90. The van der Waals surface area contributed by atoms with Gasteiger partial charge >= 0.3 is 0 Å². The molecule has 0 spiro atoms. The van der Waals surface area contributed by atoms with E-state index in [-0.39, 0.29) is 0 Å². The summed E-state index contributed by atoms with van der Waals surface area (Å²) in [6.45, 7) is 4.60. The van der Waals surface area contributed by atoms with Crippen LogP contribution < -0.4 is 9.47 Å². The molecule has 0 amide bonds. The minimum Gasteiger partial charge on any atom is -0.493 e. The molecule has 0 saturated heterocycles. The van der Waals surface area contributed by atoms with E-state index < -0.39 is 0 Å². The van der Waals surface area contributed by atoms with Crippen LogP contribution in [-0.2, 0) is 0 Å². The molecule has 0 aliphatic heterocycles. The van der Waals surface area contributed by atoms with Gasteiger partial charge in [0.1, 0.15) is 5.15 Å². The van der Waals surface area contributed by atoms with E-state index in [0.717, 1.165) is 23.4 Å². The molecule has 0 saturated carbocycles. The lowest BCUT2D eigenvalue weighted by atomic mass is 10.2. The molecular formula is C15H17ClN2O2. The van der Waals surface area contributed by atoms with Crippen LogP contribution in [0.5, 0.6) is 11.5 Å². The standard InChI is InChI=1S/C15H17ClN2O2/c1-4-7-20-12-6-5-11(9-13(12)19-3)15-17-10(2)8-14(16)18-15/h5-6,8-9H,4,7H2,1-3H3. The monoisotopic (exact) mass is 292 g/mol. The topological polar surface area (TPSA) is 44.2 Å². The van der Waals surface area contributed by atoms with E-state index in [1.807, 2.05) is 25.1 Å². The summed E-state index contributed by atoms with van der Waals surface area (Å²) < 4.78 is 11.0. The van der Waals surface area contributed by atoms with Crippen molar-refractivity contribution in [3.05, 3.63) is 35.1 Å². The molecule has 20 heavy (non-hydrogen) atoms. The highest BCUT2D eigenvalue weighted by Crippen LogP contribution is 2.31. The van der Waals surface area contributed by atoms with Gasteiger partial charge in [-0.2, -0.15) is 0 Å². The first-order valence-electron chi connectivity index (χ1n) is 6.46. The minimum atomic E-state index is 0.428. The number of halogens is 1. The van der Waals surface area contributed by atoms with Crippen molar-refractivity contribution in [2.75, 3.05) is 13.7 Å². The summed E-state index contributed by atoms with van der Waals surface area (Å²) in [7, 11) is 1.61. The lowest BCUT2D eigenvalue weighted by Gasteiger charge is -2.11. The Kier molecular flexibility index (Phi) is 4.79. The zero-order chi connectivity index (χ0) is 14.5. The van der Waals surface area contributed by atoms with E-state index in [4.69, 9.17) is 21.1 Å². The third-order valence-corrected chi connectivity index (χ3v) is 2.90. The van der Waals surface area contributed by atoms with Crippen molar-refractivity contribution >= 4 is 11.6 Å². The number of ether oxygens (including phenoxy) is 2. The van der Waals surface area contributed by atoms with E-state index in [9.17, 15) is 0 Å². The highest BCUT2D eigenvalue weighted by molar-refractivity contribution is 6.29. The molecule has 106 valence electrons. The highest BCUT2D eigenvalue weighted by Gasteiger charge is 2.10. The van der Waals surface area contributed by atoms with E-state index >= 15 is 0 Å². The van der Waals surface area contributed by atoms with Gasteiger partial charge in [0.25, 0.3) is 0 Å². The predicted molar refractivity (Wildman–Crippen MR) is 79.6 cm³/mol. The molecule has 0 fully saturated rings. The van der Waals surface area contributed by atoms with Crippen LogP contribution in [0.1, 0.15) is 19.0 Å². The molecule has 1 aromatic heterocycles. The Morgan fingerprint density at radius 2 is 1.95 bits per heavy atom. The van der Waals surface area contributed by atoms with Gasteiger partial charge in [-0.05, 0) is 37.6 Å². The van der Waals surface area contributed by atoms with E-state index in [1.54, 1.807) is 13.2 Å². The second-order valence-electron chi connectivity index (χ2n) is 4.37.